The standard InChI is InChI=1S/C25H28N4O2/c1-16-5-4-6-17(11-16)15-31-25-27-22-14-29(10-9-21(22)24(26)28-25)23-13-19(30)12-18-7-2-3-8-20(18)23/h2-3,7-8,12-13,17,30H,1,4-6,9-11,14-15H2,(H2,26,27,28)/t17-/m0/s1. The number of anilines is 2. The fraction of sp³-hybridized carbons (Fsp3) is 0.360. The fourth-order valence-corrected chi connectivity index (χ4v) is 4.83. The van der Waals surface area contributed by atoms with Gasteiger partial charge in [0.15, 0.2) is 0 Å². The molecule has 1 aliphatic carbocycles. The highest BCUT2D eigenvalue weighted by Gasteiger charge is 2.24. The molecule has 3 N–H and O–H groups in total. The molecular formula is C25H28N4O2. The van der Waals surface area contributed by atoms with Crippen LogP contribution in [0.1, 0.15) is 36.9 Å². The van der Waals surface area contributed by atoms with E-state index in [0.717, 1.165) is 59.9 Å². The molecule has 0 saturated heterocycles. The number of hydrogen-bond donors (Lipinski definition) is 2. The quantitative estimate of drug-likeness (QED) is 0.605. The van der Waals surface area contributed by atoms with Gasteiger partial charge in [-0.1, -0.05) is 36.4 Å². The molecule has 0 amide bonds. The number of benzene rings is 2. The molecule has 0 bridgehead atoms. The van der Waals surface area contributed by atoms with Gasteiger partial charge >= 0.3 is 6.01 Å². The molecular weight excluding hydrogens is 388 g/mol. The smallest absolute Gasteiger partial charge is 0.318 e. The normalized spacial score (nSPS) is 18.8. The van der Waals surface area contributed by atoms with Gasteiger partial charge in [-0.2, -0.15) is 9.97 Å². The number of fused-ring (bicyclic) bond motifs is 2. The van der Waals surface area contributed by atoms with Crippen LogP contribution in [0.4, 0.5) is 11.5 Å². The fourth-order valence-electron chi connectivity index (χ4n) is 4.83. The zero-order valence-corrected chi connectivity index (χ0v) is 17.7. The number of phenolic OH excluding ortho intramolecular Hbond substituents is 1. The minimum absolute atomic E-state index is 0.264. The van der Waals surface area contributed by atoms with Crippen LogP contribution in [0.5, 0.6) is 11.8 Å². The number of aromatic nitrogens is 2. The predicted molar refractivity (Wildman–Crippen MR) is 123 cm³/mol. The Morgan fingerprint density at radius 3 is 2.94 bits per heavy atom. The van der Waals surface area contributed by atoms with E-state index in [4.69, 9.17) is 15.5 Å². The first kappa shape index (κ1) is 19.7. The maximum atomic E-state index is 10.2. The van der Waals surface area contributed by atoms with Gasteiger partial charge in [-0.25, -0.2) is 0 Å². The van der Waals surface area contributed by atoms with Crippen LogP contribution in [0, 0.1) is 5.92 Å². The van der Waals surface area contributed by atoms with Crippen molar-refractivity contribution >= 4 is 22.3 Å². The molecule has 1 fully saturated rings. The van der Waals surface area contributed by atoms with Crippen LogP contribution in [0.3, 0.4) is 0 Å². The molecule has 2 aromatic carbocycles. The van der Waals surface area contributed by atoms with Crippen molar-refractivity contribution in [2.24, 2.45) is 5.92 Å². The van der Waals surface area contributed by atoms with Crippen molar-refractivity contribution in [2.45, 2.75) is 38.6 Å². The summed E-state index contributed by atoms with van der Waals surface area (Å²) in [5, 5.41) is 12.4. The summed E-state index contributed by atoms with van der Waals surface area (Å²) in [5.41, 5.74) is 10.5. The van der Waals surface area contributed by atoms with E-state index in [1.807, 2.05) is 24.3 Å². The second kappa shape index (κ2) is 8.10. The van der Waals surface area contributed by atoms with Gasteiger partial charge in [0, 0.05) is 29.2 Å². The molecule has 0 spiro atoms. The van der Waals surface area contributed by atoms with Crippen LogP contribution >= 0.6 is 0 Å². The molecule has 3 aromatic rings. The first-order valence-electron chi connectivity index (χ1n) is 11.0. The topological polar surface area (TPSA) is 84.5 Å². The van der Waals surface area contributed by atoms with Crippen molar-refractivity contribution in [3.05, 3.63) is 59.8 Å². The lowest BCUT2D eigenvalue weighted by Crippen LogP contribution is -2.32. The molecule has 6 heteroatoms. The Balaban J connectivity index is 1.39. The molecule has 1 aromatic heterocycles. The number of nitrogen functional groups attached to an aromatic ring is 1. The second-order valence-electron chi connectivity index (χ2n) is 8.70. The summed E-state index contributed by atoms with van der Waals surface area (Å²) >= 11 is 0. The molecule has 0 unspecified atom stereocenters. The Kier molecular flexibility index (Phi) is 5.14. The van der Waals surface area contributed by atoms with Gasteiger partial charge in [0.25, 0.3) is 0 Å². The third-order valence-electron chi connectivity index (χ3n) is 6.41. The van der Waals surface area contributed by atoms with E-state index in [1.165, 1.54) is 12.0 Å². The first-order valence-corrected chi connectivity index (χ1v) is 11.0. The van der Waals surface area contributed by atoms with Crippen molar-refractivity contribution in [1.29, 1.82) is 0 Å². The van der Waals surface area contributed by atoms with Gasteiger partial charge in [0.05, 0.1) is 18.8 Å². The van der Waals surface area contributed by atoms with Gasteiger partial charge < -0.3 is 20.5 Å². The molecule has 160 valence electrons. The van der Waals surface area contributed by atoms with E-state index in [-0.39, 0.29) is 5.75 Å². The number of hydrogen-bond acceptors (Lipinski definition) is 6. The maximum absolute atomic E-state index is 10.2. The minimum atomic E-state index is 0.264. The van der Waals surface area contributed by atoms with Crippen molar-refractivity contribution in [3.63, 3.8) is 0 Å². The summed E-state index contributed by atoms with van der Waals surface area (Å²) in [7, 11) is 0. The van der Waals surface area contributed by atoms with E-state index in [9.17, 15) is 5.11 Å². The third kappa shape index (κ3) is 4.02. The predicted octanol–water partition coefficient (Wildman–Crippen LogP) is 4.61. The number of phenols is 1. The van der Waals surface area contributed by atoms with Gasteiger partial charge in [-0.3, -0.25) is 0 Å². The molecule has 1 atom stereocenters. The van der Waals surface area contributed by atoms with Gasteiger partial charge in [-0.15, -0.1) is 0 Å². The average Bonchev–Trinajstić information content (AvgIpc) is 2.77. The number of aromatic hydroxyl groups is 1. The Labute approximate surface area is 182 Å². The van der Waals surface area contributed by atoms with E-state index >= 15 is 0 Å². The van der Waals surface area contributed by atoms with Gasteiger partial charge in [-0.05, 0) is 49.5 Å². The molecule has 1 aliphatic heterocycles. The minimum Gasteiger partial charge on any atom is -0.508 e. The maximum Gasteiger partial charge on any atom is 0.318 e. The average molecular weight is 417 g/mol. The number of rotatable bonds is 4. The molecule has 0 radical (unpaired) electrons. The lowest BCUT2D eigenvalue weighted by molar-refractivity contribution is 0.211. The van der Waals surface area contributed by atoms with Crippen molar-refractivity contribution in [1.82, 2.24) is 9.97 Å². The lowest BCUT2D eigenvalue weighted by Gasteiger charge is -2.31. The highest BCUT2D eigenvalue weighted by molar-refractivity contribution is 5.95. The van der Waals surface area contributed by atoms with Crippen LogP contribution < -0.4 is 15.4 Å². The van der Waals surface area contributed by atoms with Crippen molar-refractivity contribution < 1.29 is 9.84 Å². The summed E-state index contributed by atoms with van der Waals surface area (Å²) in [6.45, 7) is 6.11. The first-order chi connectivity index (χ1) is 15.1. The van der Waals surface area contributed by atoms with E-state index in [0.29, 0.717) is 30.9 Å². The number of nitrogens with zero attached hydrogens (tertiary/aromatic N) is 3. The molecule has 2 heterocycles. The third-order valence-corrected chi connectivity index (χ3v) is 6.41. The zero-order chi connectivity index (χ0) is 21.4. The summed E-state index contributed by atoms with van der Waals surface area (Å²) in [4.78, 5) is 11.4. The van der Waals surface area contributed by atoms with Crippen molar-refractivity contribution in [3.8, 4) is 11.8 Å². The van der Waals surface area contributed by atoms with E-state index in [2.05, 4.69) is 22.5 Å². The van der Waals surface area contributed by atoms with Crippen LogP contribution in [-0.4, -0.2) is 28.2 Å². The number of allylic oxidation sites excluding steroid dienone is 1. The Bertz CT molecular complexity index is 1140. The van der Waals surface area contributed by atoms with Crippen LogP contribution in [0.25, 0.3) is 10.8 Å². The molecule has 1 saturated carbocycles. The highest BCUT2D eigenvalue weighted by Crippen LogP contribution is 2.35. The molecule has 5 rings (SSSR count). The van der Waals surface area contributed by atoms with Crippen LogP contribution in [0.15, 0.2) is 48.6 Å². The number of nitrogens with two attached hydrogens (primary N) is 1. The lowest BCUT2D eigenvalue weighted by atomic mass is 9.87. The zero-order valence-electron chi connectivity index (χ0n) is 17.7. The number of ether oxygens (including phenoxy) is 1. The Hall–Kier alpha value is -3.28. The summed E-state index contributed by atoms with van der Waals surface area (Å²) in [5.74, 6) is 1.24. The summed E-state index contributed by atoms with van der Waals surface area (Å²) in [6.07, 6.45) is 5.22. The summed E-state index contributed by atoms with van der Waals surface area (Å²) in [6, 6.07) is 12.1. The van der Waals surface area contributed by atoms with Gasteiger partial charge in [0.1, 0.15) is 11.6 Å². The van der Waals surface area contributed by atoms with Crippen molar-refractivity contribution in [2.75, 3.05) is 23.8 Å². The van der Waals surface area contributed by atoms with Crippen LogP contribution in [-0.2, 0) is 13.0 Å². The molecule has 31 heavy (non-hydrogen) atoms. The largest absolute Gasteiger partial charge is 0.508 e. The van der Waals surface area contributed by atoms with Gasteiger partial charge in [0.2, 0.25) is 0 Å². The monoisotopic (exact) mass is 416 g/mol. The van der Waals surface area contributed by atoms with E-state index in [1.54, 1.807) is 6.07 Å². The SMILES string of the molecule is C=C1CCC[C@H](COc2nc(N)c3c(n2)CN(c2cc(O)cc4ccccc24)CC3)C1. The molecule has 6 nitrogen and oxygen atoms in total. The van der Waals surface area contributed by atoms with E-state index < -0.39 is 0 Å². The Morgan fingerprint density at radius 1 is 1.19 bits per heavy atom. The second-order valence-corrected chi connectivity index (χ2v) is 8.70. The Morgan fingerprint density at radius 2 is 2.06 bits per heavy atom. The van der Waals surface area contributed by atoms with Crippen LogP contribution in [0.2, 0.25) is 0 Å². The highest BCUT2D eigenvalue weighted by atomic mass is 16.5. The molecule has 2 aliphatic rings. The summed E-state index contributed by atoms with van der Waals surface area (Å²) < 4.78 is 5.97.